The Morgan fingerprint density at radius 3 is 2.94 bits per heavy atom. The van der Waals surface area contributed by atoms with E-state index in [4.69, 9.17) is 0 Å². The van der Waals surface area contributed by atoms with E-state index in [1.54, 1.807) is 7.05 Å². The summed E-state index contributed by atoms with van der Waals surface area (Å²) in [6.07, 6.45) is 2.58. The maximum Gasteiger partial charge on any atom is 0.324 e. The van der Waals surface area contributed by atoms with Crippen molar-refractivity contribution in [1.82, 2.24) is 10.3 Å². The molecule has 1 heterocycles. The van der Waals surface area contributed by atoms with E-state index in [2.05, 4.69) is 10.3 Å². The van der Waals surface area contributed by atoms with Crippen molar-refractivity contribution in [2.45, 2.75) is 17.9 Å². The third-order valence-electron chi connectivity index (χ3n) is 3.79. The van der Waals surface area contributed by atoms with Crippen LogP contribution in [-0.4, -0.2) is 28.6 Å². The summed E-state index contributed by atoms with van der Waals surface area (Å²) in [6.45, 7) is 0. The van der Waals surface area contributed by atoms with Gasteiger partial charge in [0.15, 0.2) is 0 Å². The van der Waals surface area contributed by atoms with Crippen molar-refractivity contribution in [3.8, 4) is 0 Å². The fourth-order valence-corrected chi connectivity index (χ4v) is 2.64. The zero-order chi connectivity index (χ0) is 12.0. The molecular formula is C13H14N2O2. The van der Waals surface area contributed by atoms with Crippen LogP contribution in [0, 0.1) is 0 Å². The van der Waals surface area contributed by atoms with Crippen LogP contribution in [0.2, 0.25) is 0 Å². The van der Waals surface area contributed by atoms with Crippen LogP contribution in [0.5, 0.6) is 0 Å². The number of para-hydroxylation sites is 1. The van der Waals surface area contributed by atoms with E-state index in [-0.39, 0.29) is 5.92 Å². The number of benzene rings is 1. The van der Waals surface area contributed by atoms with Crippen molar-refractivity contribution in [3.05, 3.63) is 36.0 Å². The van der Waals surface area contributed by atoms with Crippen molar-refractivity contribution in [2.75, 3.05) is 7.05 Å². The second-order valence-corrected chi connectivity index (χ2v) is 4.57. The molecule has 0 aliphatic heterocycles. The van der Waals surface area contributed by atoms with Crippen LogP contribution >= 0.6 is 0 Å². The minimum atomic E-state index is -0.773. The zero-order valence-electron chi connectivity index (χ0n) is 9.53. The van der Waals surface area contributed by atoms with E-state index in [0.717, 1.165) is 16.5 Å². The predicted molar refractivity (Wildman–Crippen MR) is 65.1 cm³/mol. The molecule has 2 aromatic rings. The van der Waals surface area contributed by atoms with Crippen LogP contribution in [0.1, 0.15) is 17.9 Å². The summed E-state index contributed by atoms with van der Waals surface area (Å²) in [6, 6.07) is 7.98. The Morgan fingerprint density at radius 2 is 2.29 bits per heavy atom. The lowest BCUT2D eigenvalue weighted by Gasteiger charge is -2.10. The molecule has 4 nitrogen and oxygen atoms in total. The van der Waals surface area contributed by atoms with Gasteiger partial charge in [0.2, 0.25) is 0 Å². The van der Waals surface area contributed by atoms with Crippen LogP contribution in [0.3, 0.4) is 0 Å². The number of rotatable bonds is 3. The molecule has 2 atom stereocenters. The van der Waals surface area contributed by atoms with Crippen LogP contribution in [-0.2, 0) is 4.79 Å². The van der Waals surface area contributed by atoms with Crippen molar-refractivity contribution in [2.24, 2.45) is 0 Å². The lowest BCUT2D eigenvalue weighted by atomic mass is 10.1. The minimum Gasteiger partial charge on any atom is -0.480 e. The molecular weight excluding hydrogens is 216 g/mol. The fraction of sp³-hybridized carbons (Fsp3) is 0.308. The number of nitrogens with one attached hydrogen (secondary N) is 2. The number of hydrogen-bond donors (Lipinski definition) is 3. The lowest BCUT2D eigenvalue weighted by molar-refractivity contribution is -0.140. The Kier molecular flexibility index (Phi) is 2.03. The van der Waals surface area contributed by atoms with Crippen molar-refractivity contribution in [3.63, 3.8) is 0 Å². The maximum absolute atomic E-state index is 11.3. The average Bonchev–Trinajstić information content (AvgIpc) is 2.94. The highest BCUT2D eigenvalue weighted by molar-refractivity contribution is 5.90. The number of aromatic nitrogens is 1. The first-order valence-corrected chi connectivity index (χ1v) is 5.67. The second-order valence-electron chi connectivity index (χ2n) is 4.57. The first kappa shape index (κ1) is 10.4. The van der Waals surface area contributed by atoms with Crippen molar-refractivity contribution < 1.29 is 9.90 Å². The Morgan fingerprint density at radius 1 is 1.53 bits per heavy atom. The van der Waals surface area contributed by atoms with Gasteiger partial charge in [-0.3, -0.25) is 4.79 Å². The van der Waals surface area contributed by atoms with Gasteiger partial charge >= 0.3 is 5.97 Å². The molecule has 3 N–H and O–H groups in total. The van der Waals surface area contributed by atoms with Gasteiger partial charge in [0.25, 0.3) is 0 Å². The van der Waals surface area contributed by atoms with E-state index in [1.165, 1.54) is 0 Å². The Bertz CT molecular complexity index is 590. The lowest BCUT2D eigenvalue weighted by Crippen LogP contribution is -2.38. The number of carboxylic acid groups (broad SMARTS) is 1. The average molecular weight is 230 g/mol. The van der Waals surface area contributed by atoms with Gasteiger partial charge in [0, 0.05) is 23.0 Å². The van der Waals surface area contributed by atoms with Gasteiger partial charge in [-0.25, -0.2) is 0 Å². The van der Waals surface area contributed by atoms with Gasteiger partial charge < -0.3 is 15.4 Å². The van der Waals surface area contributed by atoms with E-state index in [9.17, 15) is 9.90 Å². The number of carboxylic acids is 1. The quantitative estimate of drug-likeness (QED) is 0.752. The highest BCUT2D eigenvalue weighted by Gasteiger charge is 2.60. The first-order chi connectivity index (χ1) is 8.19. The maximum atomic E-state index is 11.3. The van der Waals surface area contributed by atoms with E-state index >= 15 is 0 Å². The number of H-pyrrole nitrogens is 1. The van der Waals surface area contributed by atoms with Gasteiger partial charge in [-0.05, 0) is 25.1 Å². The fourth-order valence-electron chi connectivity index (χ4n) is 2.64. The predicted octanol–water partition coefficient (Wildman–Crippen LogP) is 1.70. The summed E-state index contributed by atoms with van der Waals surface area (Å²) in [5.41, 5.74) is 1.38. The molecule has 17 heavy (non-hydrogen) atoms. The summed E-state index contributed by atoms with van der Waals surface area (Å²) in [4.78, 5) is 14.5. The molecule has 0 spiro atoms. The van der Waals surface area contributed by atoms with Gasteiger partial charge in [0.1, 0.15) is 5.54 Å². The largest absolute Gasteiger partial charge is 0.480 e. The van der Waals surface area contributed by atoms with E-state index in [0.29, 0.717) is 6.42 Å². The minimum absolute atomic E-state index is 0.0566. The molecule has 1 aromatic heterocycles. The molecule has 1 fully saturated rings. The zero-order valence-corrected chi connectivity index (χ0v) is 9.53. The van der Waals surface area contributed by atoms with Crippen LogP contribution < -0.4 is 5.32 Å². The molecule has 1 aliphatic carbocycles. The van der Waals surface area contributed by atoms with Crippen LogP contribution in [0.4, 0.5) is 0 Å². The first-order valence-electron chi connectivity index (χ1n) is 5.67. The molecule has 3 rings (SSSR count). The van der Waals surface area contributed by atoms with Crippen molar-refractivity contribution >= 4 is 16.9 Å². The monoisotopic (exact) mass is 230 g/mol. The SMILES string of the molecule is CNC1(C(=O)O)CC1c1c[nH]c2ccccc12. The second kappa shape index (κ2) is 3.34. The van der Waals surface area contributed by atoms with Gasteiger partial charge in [0.05, 0.1) is 0 Å². The summed E-state index contributed by atoms with van der Waals surface area (Å²) in [7, 11) is 1.71. The highest BCUT2D eigenvalue weighted by Crippen LogP contribution is 2.53. The summed E-state index contributed by atoms with van der Waals surface area (Å²) >= 11 is 0. The third-order valence-corrected chi connectivity index (χ3v) is 3.79. The normalized spacial score (nSPS) is 27.2. The molecule has 4 heteroatoms. The molecule has 1 aliphatic rings. The smallest absolute Gasteiger partial charge is 0.324 e. The number of hydrogen-bond acceptors (Lipinski definition) is 2. The molecule has 0 saturated heterocycles. The van der Waals surface area contributed by atoms with Gasteiger partial charge in [-0.1, -0.05) is 18.2 Å². The number of aliphatic carboxylic acids is 1. The van der Waals surface area contributed by atoms with Crippen LogP contribution in [0.25, 0.3) is 10.9 Å². The number of likely N-dealkylation sites (N-methyl/N-ethyl adjacent to an activating group) is 1. The Labute approximate surface area is 98.6 Å². The van der Waals surface area contributed by atoms with Gasteiger partial charge in [-0.15, -0.1) is 0 Å². The standard InChI is InChI=1S/C13H14N2O2/c1-14-13(12(16)17)6-10(13)9-7-15-11-5-3-2-4-8(9)11/h2-5,7,10,14-15H,6H2,1H3,(H,16,17). The molecule has 2 unspecified atom stereocenters. The molecule has 0 bridgehead atoms. The molecule has 88 valence electrons. The number of aromatic amines is 1. The van der Waals surface area contributed by atoms with Crippen LogP contribution in [0.15, 0.2) is 30.5 Å². The number of carbonyl (C=O) groups is 1. The molecule has 0 radical (unpaired) electrons. The Balaban J connectivity index is 2.05. The molecule has 1 saturated carbocycles. The van der Waals surface area contributed by atoms with Crippen molar-refractivity contribution in [1.29, 1.82) is 0 Å². The Hall–Kier alpha value is -1.81. The van der Waals surface area contributed by atoms with E-state index < -0.39 is 11.5 Å². The summed E-state index contributed by atoms with van der Waals surface area (Å²) < 4.78 is 0. The topological polar surface area (TPSA) is 65.1 Å². The van der Waals surface area contributed by atoms with E-state index in [1.807, 2.05) is 30.5 Å². The number of fused-ring (bicyclic) bond motifs is 1. The molecule has 1 aromatic carbocycles. The molecule has 0 amide bonds. The third kappa shape index (κ3) is 1.31. The highest BCUT2D eigenvalue weighted by atomic mass is 16.4. The van der Waals surface area contributed by atoms with Gasteiger partial charge in [-0.2, -0.15) is 0 Å². The summed E-state index contributed by atoms with van der Waals surface area (Å²) in [5.74, 6) is -0.712. The summed E-state index contributed by atoms with van der Waals surface area (Å²) in [5, 5.41) is 13.3.